The lowest BCUT2D eigenvalue weighted by atomic mass is 10.0. The number of benzene rings is 1. The Morgan fingerprint density at radius 3 is 2.74 bits per heavy atom. The third-order valence-corrected chi connectivity index (χ3v) is 6.51. The highest BCUT2D eigenvalue weighted by atomic mass is 16.3. The average Bonchev–Trinajstić information content (AvgIpc) is 3.32. The van der Waals surface area contributed by atoms with Crippen LogP contribution in [-0.2, 0) is 6.42 Å². The number of nitrogens with zero attached hydrogens (tertiary/aromatic N) is 3. The molecule has 0 spiro atoms. The van der Waals surface area contributed by atoms with Gasteiger partial charge in [-0.25, -0.2) is 9.97 Å². The Kier molecular flexibility index (Phi) is 3.93. The average molecular weight is 362 g/mol. The lowest BCUT2D eigenvalue weighted by molar-refractivity contribution is 0.139. The Hall–Kier alpha value is -2.40. The highest BCUT2D eigenvalue weighted by Crippen LogP contribution is 2.40. The van der Waals surface area contributed by atoms with E-state index in [9.17, 15) is 5.11 Å². The molecule has 0 bridgehead atoms. The Balaban J connectivity index is 1.49. The van der Waals surface area contributed by atoms with E-state index in [4.69, 9.17) is 0 Å². The molecule has 5 atom stereocenters. The zero-order chi connectivity index (χ0) is 18.5. The molecule has 2 aliphatic carbocycles. The highest BCUT2D eigenvalue weighted by molar-refractivity contribution is 5.87. The highest BCUT2D eigenvalue weighted by Gasteiger charge is 2.32. The van der Waals surface area contributed by atoms with Crippen LogP contribution in [0.25, 0.3) is 11.0 Å². The first kappa shape index (κ1) is 16.8. The van der Waals surface area contributed by atoms with Crippen molar-refractivity contribution in [3.05, 3.63) is 54.0 Å². The molecule has 2 N–H and O–H groups in total. The van der Waals surface area contributed by atoms with Crippen molar-refractivity contribution in [2.75, 3.05) is 5.32 Å². The molecule has 0 amide bonds. The van der Waals surface area contributed by atoms with Gasteiger partial charge in [-0.15, -0.1) is 0 Å². The van der Waals surface area contributed by atoms with E-state index in [-0.39, 0.29) is 12.1 Å². The summed E-state index contributed by atoms with van der Waals surface area (Å²) >= 11 is 0. The first-order valence-electron chi connectivity index (χ1n) is 9.95. The summed E-state index contributed by atoms with van der Waals surface area (Å²) in [5.74, 6) is 1.77. The van der Waals surface area contributed by atoms with Crippen LogP contribution >= 0.6 is 0 Å². The molecule has 1 saturated carbocycles. The van der Waals surface area contributed by atoms with Gasteiger partial charge in [-0.05, 0) is 48.3 Å². The van der Waals surface area contributed by atoms with Crippen LogP contribution in [0.4, 0.5) is 5.82 Å². The maximum Gasteiger partial charge on any atom is 0.145 e. The van der Waals surface area contributed by atoms with Gasteiger partial charge in [0.15, 0.2) is 0 Å². The van der Waals surface area contributed by atoms with Gasteiger partial charge in [-0.2, -0.15) is 0 Å². The van der Waals surface area contributed by atoms with Crippen LogP contribution < -0.4 is 5.32 Å². The zero-order valence-electron chi connectivity index (χ0n) is 15.8. The molecule has 2 aromatic heterocycles. The number of hydrogen-bond donors (Lipinski definition) is 2. The Morgan fingerprint density at radius 2 is 1.93 bits per heavy atom. The van der Waals surface area contributed by atoms with Gasteiger partial charge >= 0.3 is 0 Å². The van der Waals surface area contributed by atoms with E-state index >= 15 is 0 Å². The molecule has 1 fully saturated rings. The third kappa shape index (κ3) is 2.72. The van der Waals surface area contributed by atoms with Gasteiger partial charge in [0.2, 0.25) is 0 Å². The maximum absolute atomic E-state index is 10.1. The summed E-state index contributed by atoms with van der Waals surface area (Å²) in [5, 5.41) is 14.9. The second kappa shape index (κ2) is 6.34. The number of aromatic nitrogens is 3. The van der Waals surface area contributed by atoms with Crippen molar-refractivity contribution in [3.8, 4) is 0 Å². The van der Waals surface area contributed by atoms with E-state index in [0.717, 1.165) is 36.1 Å². The fraction of sp³-hybridized carbons (Fsp3) is 0.455. The van der Waals surface area contributed by atoms with Crippen molar-refractivity contribution in [1.29, 1.82) is 0 Å². The smallest absolute Gasteiger partial charge is 0.145 e. The van der Waals surface area contributed by atoms with Gasteiger partial charge in [0, 0.05) is 12.2 Å². The van der Waals surface area contributed by atoms with Crippen molar-refractivity contribution in [2.45, 2.75) is 51.3 Å². The van der Waals surface area contributed by atoms with Gasteiger partial charge in [0.1, 0.15) is 17.8 Å². The minimum atomic E-state index is -0.220. The molecule has 5 rings (SSSR count). The number of nitrogens with one attached hydrogen (secondary N) is 1. The number of aliphatic hydroxyl groups is 1. The molecule has 0 unspecified atom stereocenters. The standard InChI is InChI=1S/C22H26N4O/c1-13-10-16(11-19(13)27)26-8-7-18-21(23-12-24-22(18)26)25-20-14(2)9-15-5-3-4-6-17(15)20/h3-8,12-14,16,19-20,27H,9-11H2,1-2H3,(H,23,24,25)/t13-,14+,16+,19-,20+/m0/s1. The molecule has 2 aliphatic rings. The molecule has 1 aromatic carbocycles. The van der Waals surface area contributed by atoms with E-state index in [1.165, 1.54) is 11.1 Å². The quantitative estimate of drug-likeness (QED) is 0.736. The summed E-state index contributed by atoms with van der Waals surface area (Å²) in [5.41, 5.74) is 3.76. The summed E-state index contributed by atoms with van der Waals surface area (Å²) in [7, 11) is 0. The third-order valence-electron chi connectivity index (χ3n) is 6.51. The molecule has 140 valence electrons. The summed E-state index contributed by atoms with van der Waals surface area (Å²) in [6.45, 7) is 4.42. The summed E-state index contributed by atoms with van der Waals surface area (Å²) < 4.78 is 2.22. The first-order chi connectivity index (χ1) is 13.1. The lowest BCUT2D eigenvalue weighted by Crippen LogP contribution is -2.15. The van der Waals surface area contributed by atoms with Crippen LogP contribution in [0.2, 0.25) is 0 Å². The van der Waals surface area contributed by atoms with E-state index in [1.54, 1.807) is 6.33 Å². The van der Waals surface area contributed by atoms with Gasteiger partial charge in [-0.1, -0.05) is 38.1 Å². The van der Waals surface area contributed by atoms with E-state index in [0.29, 0.717) is 17.9 Å². The number of rotatable bonds is 3. The minimum Gasteiger partial charge on any atom is -0.393 e. The predicted molar refractivity (Wildman–Crippen MR) is 107 cm³/mol. The SMILES string of the molecule is C[C@@H]1Cc2ccccc2[C@@H]1Nc1ncnc2c1ccn2[C@@H]1C[C@H](C)[C@@H](O)C1. The van der Waals surface area contributed by atoms with Crippen molar-refractivity contribution in [1.82, 2.24) is 14.5 Å². The largest absolute Gasteiger partial charge is 0.393 e. The van der Waals surface area contributed by atoms with E-state index in [2.05, 4.69) is 70.2 Å². The van der Waals surface area contributed by atoms with Crippen LogP contribution in [-0.4, -0.2) is 25.7 Å². The Labute approximate surface area is 159 Å². The van der Waals surface area contributed by atoms with Gasteiger partial charge in [0.25, 0.3) is 0 Å². The molecule has 0 saturated heterocycles. The second-order valence-corrected chi connectivity index (χ2v) is 8.35. The van der Waals surface area contributed by atoms with Crippen LogP contribution in [0, 0.1) is 11.8 Å². The van der Waals surface area contributed by atoms with E-state index in [1.807, 2.05) is 0 Å². The van der Waals surface area contributed by atoms with Gasteiger partial charge < -0.3 is 15.0 Å². The topological polar surface area (TPSA) is 63.0 Å². The van der Waals surface area contributed by atoms with Crippen molar-refractivity contribution in [2.24, 2.45) is 11.8 Å². The predicted octanol–water partition coefficient (Wildman–Crippen LogP) is 4.11. The lowest BCUT2D eigenvalue weighted by Gasteiger charge is -2.20. The van der Waals surface area contributed by atoms with Crippen LogP contribution in [0.5, 0.6) is 0 Å². The number of hydrogen-bond acceptors (Lipinski definition) is 4. The molecule has 2 heterocycles. The van der Waals surface area contributed by atoms with Crippen molar-refractivity contribution in [3.63, 3.8) is 0 Å². The van der Waals surface area contributed by atoms with Crippen molar-refractivity contribution >= 4 is 16.9 Å². The zero-order valence-corrected chi connectivity index (χ0v) is 15.8. The monoisotopic (exact) mass is 362 g/mol. The van der Waals surface area contributed by atoms with Crippen LogP contribution in [0.1, 0.15) is 49.9 Å². The second-order valence-electron chi connectivity index (χ2n) is 8.35. The molecule has 0 aliphatic heterocycles. The molecule has 0 radical (unpaired) electrons. The Bertz CT molecular complexity index is 971. The summed E-state index contributed by atoms with van der Waals surface area (Å²) in [4.78, 5) is 9.13. The Morgan fingerprint density at radius 1 is 1.07 bits per heavy atom. The number of aliphatic hydroxyl groups excluding tert-OH is 1. The summed E-state index contributed by atoms with van der Waals surface area (Å²) in [6, 6.07) is 11.4. The first-order valence-corrected chi connectivity index (χ1v) is 9.95. The summed E-state index contributed by atoms with van der Waals surface area (Å²) in [6.07, 6.45) is 6.42. The molecule has 3 aromatic rings. The molecule has 5 nitrogen and oxygen atoms in total. The van der Waals surface area contributed by atoms with Gasteiger partial charge in [-0.3, -0.25) is 0 Å². The molecular formula is C22H26N4O. The molecule has 27 heavy (non-hydrogen) atoms. The molecular weight excluding hydrogens is 336 g/mol. The number of fused-ring (bicyclic) bond motifs is 2. The fourth-order valence-corrected chi connectivity index (χ4v) is 4.96. The van der Waals surface area contributed by atoms with Crippen molar-refractivity contribution < 1.29 is 5.11 Å². The van der Waals surface area contributed by atoms with E-state index < -0.39 is 0 Å². The molecule has 5 heteroatoms. The van der Waals surface area contributed by atoms with Crippen LogP contribution in [0.15, 0.2) is 42.9 Å². The fourth-order valence-electron chi connectivity index (χ4n) is 4.96. The maximum atomic E-state index is 10.1. The van der Waals surface area contributed by atoms with Crippen LogP contribution in [0.3, 0.4) is 0 Å². The normalized spacial score (nSPS) is 30.0. The minimum absolute atomic E-state index is 0.220. The van der Waals surface area contributed by atoms with Gasteiger partial charge in [0.05, 0.1) is 17.5 Å². The number of anilines is 1.